The van der Waals surface area contributed by atoms with E-state index in [4.69, 9.17) is 5.14 Å². The van der Waals surface area contributed by atoms with Crippen LogP contribution in [0.2, 0.25) is 0 Å². The first-order valence-electron chi connectivity index (χ1n) is 8.59. The van der Waals surface area contributed by atoms with Crippen molar-refractivity contribution in [3.8, 4) is 0 Å². The largest absolute Gasteiger partial charge is 0.311 e. The number of halogens is 1. The quantitative estimate of drug-likeness (QED) is 0.846. The van der Waals surface area contributed by atoms with Crippen molar-refractivity contribution in [3.05, 3.63) is 59.4 Å². The van der Waals surface area contributed by atoms with Gasteiger partial charge in [0.15, 0.2) is 0 Å². The number of primary sulfonamides is 1. The molecule has 0 saturated carbocycles. The SMILES string of the molecule is CC(c1ccccc1F)N(C)CC(=O)N1CCc2cc(S(N)(=O)=O)ccc21. The number of likely N-dealkylation sites (N-methyl/N-ethyl adjacent to an activating group) is 1. The van der Waals surface area contributed by atoms with Crippen molar-refractivity contribution >= 4 is 21.6 Å². The van der Waals surface area contributed by atoms with Crippen LogP contribution >= 0.6 is 0 Å². The van der Waals surface area contributed by atoms with Gasteiger partial charge in [-0.25, -0.2) is 17.9 Å². The molecule has 0 saturated heterocycles. The lowest BCUT2D eigenvalue weighted by Crippen LogP contribution is -2.39. The van der Waals surface area contributed by atoms with E-state index in [1.165, 1.54) is 18.2 Å². The molecule has 0 aromatic heterocycles. The third-order valence-corrected chi connectivity index (χ3v) is 5.89. The number of nitrogens with two attached hydrogens (primary N) is 1. The summed E-state index contributed by atoms with van der Waals surface area (Å²) in [6.07, 6.45) is 0.566. The summed E-state index contributed by atoms with van der Waals surface area (Å²) >= 11 is 0. The van der Waals surface area contributed by atoms with E-state index in [-0.39, 0.29) is 29.2 Å². The van der Waals surface area contributed by atoms with E-state index >= 15 is 0 Å². The lowest BCUT2D eigenvalue weighted by molar-refractivity contribution is -0.119. The molecule has 1 heterocycles. The number of hydrogen-bond acceptors (Lipinski definition) is 4. The first-order chi connectivity index (χ1) is 12.7. The van der Waals surface area contributed by atoms with Crippen molar-refractivity contribution in [3.63, 3.8) is 0 Å². The predicted octanol–water partition coefficient (Wildman–Crippen LogP) is 2.06. The molecule has 1 amide bonds. The zero-order valence-electron chi connectivity index (χ0n) is 15.2. The Bertz CT molecular complexity index is 978. The molecule has 2 N–H and O–H groups in total. The molecule has 1 aliphatic heterocycles. The Morgan fingerprint density at radius 1 is 1.30 bits per heavy atom. The summed E-state index contributed by atoms with van der Waals surface area (Å²) in [6, 6.07) is 10.8. The van der Waals surface area contributed by atoms with Gasteiger partial charge in [0.2, 0.25) is 15.9 Å². The van der Waals surface area contributed by atoms with E-state index in [9.17, 15) is 17.6 Å². The Morgan fingerprint density at radius 2 is 2.00 bits per heavy atom. The molecular weight excluding hydrogens is 369 g/mol. The Morgan fingerprint density at radius 3 is 2.67 bits per heavy atom. The summed E-state index contributed by atoms with van der Waals surface area (Å²) in [7, 11) is -2.00. The van der Waals surface area contributed by atoms with Crippen LogP contribution in [-0.2, 0) is 21.2 Å². The average Bonchev–Trinajstić information content (AvgIpc) is 3.04. The highest BCUT2D eigenvalue weighted by Gasteiger charge is 2.28. The number of anilines is 1. The molecule has 1 aliphatic rings. The molecule has 144 valence electrons. The highest BCUT2D eigenvalue weighted by Crippen LogP contribution is 2.30. The second-order valence-electron chi connectivity index (χ2n) is 6.74. The summed E-state index contributed by atoms with van der Waals surface area (Å²) in [6.45, 7) is 2.44. The molecule has 0 spiro atoms. The molecule has 3 rings (SSSR count). The van der Waals surface area contributed by atoms with E-state index in [2.05, 4.69) is 0 Å². The summed E-state index contributed by atoms with van der Waals surface area (Å²) < 4.78 is 37.0. The van der Waals surface area contributed by atoms with Gasteiger partial charge in [0.1, 0.15) is 5.82 Å². The lowest BCUT2D eigenvalue weighted by atomic mass is 10.1. The van der Waals surface area contributed by atoms with E-state index in [1.807, 2.05) is 6.92 Å². The van der Waals surface area contributed by atoms with Gasteiger partial charge < -0.3 is 4.90 Å². The van der Waals surface area contributed by atoms with Crippen LogP contribution in [0.25, 0.3) is 0 Å². The minimum atomic E-state index is -3.77. The Hall–Kier alpha value is -2.29. The molecule has 1 unspecified atom stereocenters. The Balaban J connectivity index is 1.74. The topological polar surface area (TPSA) is 83.7 Å². The van der Waals surface area contributed by atoms with Gasteiger partial charge in [-0.3, -0.25) is 9.69 Å². The first kappa shape index (κ1) is 19.5. The highest BCUT2D eigenvalue weighted by atomic mass is 32.2. The van der Waals surface area contributed by atoms with Crippen molar-refractivity contribution in [1.82, 2.24) is 4.90 Å². The number of benzene rings is 2. The number of sulfonamides is 1. The standard InChI is InChI=1S/C19H22FN3O3S/c1-13(16-5-3-4-6-17(16)20)22(2)12-19(24)23-10-9-14-11-15(27(21,25)26)7-8-18(14)23/h3-8,11,13H,9-10,12H2,1-2H3,(H2,21,25,26). The van der Waals surface area contributed by atoms with Crippen LogP contribution in [0.4, 0.5) is 10.1 Å². The summed E-state index contributed by atoms with van der Waals surface area (Å²) in [5, 5.41) is 5.17. The van der Waals surface area contributed by atoms with Gasteiger partial charge in [-0.15, -0.1) is 0 Å². The smallest absolute Gasteiger partial charge is 0.241 e. The van der Waals surface area contributed by atoms with Crippen LogP contribution < -0.4 is 10.0 Å². The second-order valence-corrected chi connectivity index (χ2v) is 8.30. The molecule has 0 radical (unpaired) electrons. The van der Waals surface area contributed by atoms with Crippen molar-refractivity contribution in [2.24, 2.45) is 5.14 Å². The van der Waals surface area contributed by atoms with Gasteiger partial charge >= 0.3 is 0 Å². The van der Waals surface area contributed by atoms with Gasteiger partial charge in [0.25, 0.3) is 0 Å². The van der Waals surface area contributed by atoms with Gasteiger partial charge in [-0.2, -0.15) is 0 Å². The number of carbonyl (C=O) groups is 1. The predicted molar refractivity (Wildman–Crippen MR) is 101 cm³/mol. The summed E-state index contributed by atoms with van der Waals surface area (Å²) in [4.78, 5) is 16.2. The van der Waals surface area contributed by atoms with Crippen molar-refractivity contribution in [2.45, 2.75) is 24.3 Å². The van der Waals surface area contributed by atoms with Crippen LogP contribution in [-0.4, -0.2) is 39.4 Å². The van der Waals surface area contributed by atoms with Crippen LogP contribution in [0.15, 0.2) is 47.4 Å². The number of fused-ring (bicyclic) bond motifs is 1. The number of amides is 1. The Kier molecular flexibility index (Phi) is 5.32. The lowest BCUT2D eigenvalue weighted by Gasteiger charge is -2.27. The summed E-state index contributed by atoms with van der Waals surface area (Å²) in [5.41, 5.74) is 2.01. The van der Waals surface area contributed by atoms with Crippen molar-refractivity contribution in [2.75, 3.05) is 25.0 Å². The molecule has 8 heteroatoms. The molecule has 1 atom stereocenters. The maximum atomic E-state index is 14.0. The van der Waals surface area contributed by atoms with Crippen molar-refractivity contribution < 1.29 is 17.6 Å². The normalized spacial score (nSPS) is 15.1. The van der Waals surface area contributed by atoms with Crippen molar-refractivity contribution in [1.29, 1.82) is 0 Å². The number of hydrogen-bond donors (Lipinski definition) is 1. The molecule has 6 nitrogen and oxygen atoms in total. The molecule has 2 aromatic rings. The minimum Gasteiger partial charge on any atom is -0.311 e. The molecule has 0 aliphatic carbocycles. The Labute approximate surface area is 158 Å². The third kappa shape index (κ3) is 4.02. The molecule has 27 heavy (non-hydrogen) atoms. The van der Waals surface area contributed by atoms with Gasteiger partial charge in [0, 0.05) is 23.8 Å². The molecule has 0 fully saturated rings. The fraction of sp³-hybridized carbons (Fsp3) is 0.316. The van der Waals surface area contributed by atoms with Crippen LogP contribution in [0.1, 0.15) is 24.1 Å². The molecule has 0 bridgehead atoms. The molecule has 2 aromatic carbocycles. The number of nitrogens with zero attached hydrogens (tertiary/aromatic N) is 2. The molecular formula is C19H22FN3O3S. The average molecular weight is 391 g/mol. The highest BCUT2D eigenvalue weighted by molar-refractivity contribution is 7.89. The van der Waals surface area contributed by atoms with Crippen LogP contribution in [0, 0.1) is 5.82 Å². The maximum Gasteiger partial charge on any atom is 0.241 e. The minimum absolute atomic E-state index is 0.0424. The second kappa shape index (κ2) is 7.38. The van der Waals surface area contributed by atoms with E-state index in [1.54, 1.807) is 41.1 Å². The number of carbonyl (C=O) groups excluding carboxylic acids is 1. The summed E-state index contributed by atoms with van der Waals surface area (Å²) in [5.74, 6) is -0.422. The fourth-order valence-corrected chi connectivity index (χ4v) is 3.87. The van der Waals surface area contributed by atoms with Gasteiger partial charge in [0.05, 0.1) is 11.4 Å². The zero-order valence-corrected chi connectivity index (χ0v) is 16.0. The monoisotopic (exact) mass is 391 g/mol. The van der Waals surface area contributed by atoms with Crippen LogP contribution in [0.5, 0.6) is 0 Å². The van der Waals surface area contributed by atoms with E-state index in [0.29, 0.717) is 24.2 Å². The third-order valence-electron chi connectivity index (χ3n) is 4.98. The first-order valence-corrected chi connectivity index (χ1v) is 10.1. The van der Waals surface area contributed by atoms with E-state index < -0.39 is 10.0 Å². The van der Waals surface area contributed by atoms with Gasteiger partial charge in [-0.1, -0.05) is 18.2 Å². The fourth-order valence-electron chi connectivity index (χ4n) is 3.30. The maximum absolute atomic E-state index is 14.0. The van der Waals surface area contributed by atoms with E-state index in [0.717, 1.165) is 5.56 Å². The van der Waals surface area contributed by atoms with Gasteiger partial charge in [-0.05, 0) is 50.2 Å². The van der Waals surface area contributed by atoms with Crippen LogP contribution in [0.3, 0.4) is 0 Å². The number of rotatable bonds is 5. The zero-order chi connectivity index (χ0) is 19.8.